The number of benzene rings is 1. The van der Waals surface area contributed by atoms with Gasteiger partial charge in [-0.3, -0.25) is 9.59 Å². The van der Waals surface area contributed by atoms with Crippen LogP contribution in [0.15, 0.2) is 18.2 Å². The largest absolute Gasteiger partial charge is 0.338 e. The summed E-state index contributed by atoms with van der Waals surface area (Å²) in [5.74, 6) is 1.93. The van der Waals surface area contributed by atoms with Gasteiger partial charge in [0.25, 0.3) is 5.91 Å². The minimum atomic E-state index is -0.301. The van der Waals surface area contributed by atoms with Crippen LogP contribution in [-0.4, -0.2) is 47.8 Å². The van der Waals surface area contributed by atoms with Crippen molar-refractivity contribution >= 4 is 11.8 Å². The molecule has 0 aromatic heterocycles. The highest BCUT2D eigenvalue weighted by molar-refractivity contribution is 5.95. The molecule has 0 unspecified atom stereocenters. The zero-order valence-corrected chi connectivity index (χ0v) is 14.8. The van der Waals surface area contributed by atoms with Crippen LogP contribution in [0.2, 0.25) is 0 Å². The maximum atomic E-state index is 12.8. The monoisotopic (exact) mass is 337 g/mol. The summed E-state index contributed by atoms with van der Waals surface area (Å²) >= 11 is 0. The molecule has 0 radical (unpaired) electrons. The summed E-state index contributed by atoms with van der Waals surface area (Å²) in [7, 11) is 0. The van der Waals surface area contributed by atoms with Crippen molar-refractivity contribution in [2.24, 2.45) is 5.92 Å². The number of amides is 2. The van der Waals surface area contributed by atoms with Crippen LogP contribution >= 0.6 is 0 Å². The summed E-state index contributed by atoms with van der Waals surface area (Å²) in [6.07, 6.45) is 6.77. The number of carbonyl (C=O) groups is 2. The van der Waals surface area contributed by atoms with Gasteiger partial charge in [0, 0.05) is 18.7 Å². The van der Waals surface area contributed by atoms with E-state index in [0.29, 0.717) is 25.1 Å². The Labute approximate surface area is 149 Å². The molecule has 1 aromatic rings. The van der Waals surface area contributed by atoms with Crippen LogP contribution in [-0.2, 0) is 4.79 Å². The first-order valence-electron chi connectivity index (χ1n) is 8.43. The summed E-state index contributed by atoms with van der Waals surface area (Å²) in [5.41, 5.74) is 2.74. The molecule has 0 bridgehead atoms. The van der Waals surface area contributed by atoms with Crippen LogP contribution in [0.5, 0.6) is 0 Å². The number of hydrogen-bond donors (Lipinski definition) is 0. The Morgan fingerprint density at radius 3 is 2.56 bits per heavy atom. The van der Waals surface area contributed by atoms with E-state index in [1.165, 1.54) is 4.90 Å². The van der Waals surface area contributed by atoms with E-state index < -0.39 is 0 Å². The van der Waals surface area contributed by atoms with Gasteiger partial charge in [0.05, 0.1) is 18.5 Å². The normalized spacial score (nSPS) is 16.6. The predicted octanol–water partition coefficient (Wildman–Crippen LogP) is 2.14. The van der Waals surface area contributed by atoms with Gasteiger partial charge in [-0.25, -0.2) is 0 Å². The molecular formula is C20H23N3O2. The highest BCUT2D eigenvalue weighted by Gasteiger charge is 2.31. The second kappa shape index (κ2) is 8.35. The lowest BCUT2D eigenvalue weighted by molar-refractivity contribution is -0.135. The molecule has 1 aliphatic rings. The van der Waals surface area contributed by atoms with Crippen molar-refractivity contribution < 1.29 is 9.59 Å². The lowest BCUT2D eigenvalue weighted by atomic mass is 9.95. The van der Waals surface area contributed by atoms with Crippen LogP contribution in [0.3, 0.4) is 0 Å². The van der Waals surface area contributed by atoms with E-state index in [4.69, 9.17) is 11.7 Å². The zero-order valence-electron chi connectivity index (χ0n) is 14.8. The van der Waals surface area contributed by atoms with E-state index in [0.717, 1.165) is 17.5 Å². The molecule has 1 aromatic carbocycles. The third kappa shape index (κ3) is 4.61. The van der Waals surface area contributed by atoms with Gasteiger partial charge in [-0.05, 0) is 38.8 Å². The van der Waals surface area contributed by atoms with Gasteiger partial charge in [0.15, 0.2) is 0 Å². The molecule has 130 valence electrons. The van der Waals surface area contributed by atoms with Gasteiger partial charge in [0.2, 0.25) is 5.91 Å². The Kier molecular flexibility index (Phi) is 6.19. The van der Waals surface area contributed by atoms with E-state index in [9.17, 15) is 9.59 Å². The maximum absolute atomic E-state index is 12.8. The highest BCUT2D eigenvalue weighted by Crippen LogP contribution is 2.21. The summed E-state index contributed by atoms with van der Waals surface area (Å²) in [5, 5.41) is 8.87. The molecular weight excluding hydrogens is 314 g/mol. The third-order valence-electron chi connectivity index (χ3n) is 4.38. The van der Waals surface area contributed by atoms with E-state index in [1.807, 2.05) is 38.1 Å². The minimum absolute atomic E-state index is 0.0233. The first kappa shape index (κ1) is 18.5. The van der Waals surface area contributed by atoms with Crippen LogP contribution < -0.4 is 0 Å². The summed E-state index contributed by atoms with van der Waals surface area (Å²) in [6, 6.07) is 7.75. The number of nitriles is 1. The van der Waals surface area contributed by atoms with Crippen molar-refractivity contribution in [3.8, 4) is 18.4 Å². The Balaban J connectivity index is 2.12. The summed E-state index contributed by atoms with van der Waals surface area (Å²) < 4.78 is 0. The average Bonchev–Trinajstić information content (AvgIpc) is 2.59. The molecule has 0 N–H and O–H groups in total. The van der Waals surface area contributed by atoms with Crippen LogP contribution in [0, 0.1) is 43.4 Å². The molecule has 1 fully saturated rings. The summed E-state index contributed by atoms with van der Waals surface area (Å²) in [6.45, 7) is 5.04. The number of nitrogens with zero attached hydrogens (tertiary/aromatic N) is 3. The first-order valence-corrected chi connectivity index (χ1v) is 8.43. The minimum Gasteiger partial charge on any atom is -0.338 e. The fourth-order valence-electron chi connectivity index (χ4n) is 3.31. The molecule has 1 heterocycles. The number of aryl methyl sites for hydroxylation is 2. The van der Waals surface area contributed by atoms with E-state index in [-0.39, 0.29) is 30.8 Å². The predicted molar refractivity (Wildman–Crippen MR) is 95.6 cm³/mol. The topological polar surface area (TPSA) is 64.4 Å². The molecule has 1 aliphatic heterocycles. The van der Waals surface area contributed by atoms with Crippen LogP contribution in [0.1, 0.15) is 34.3 Å². The van der Waals surface area contributed by atoms with Gasteiger partial charge in [-0.1, -0.05) is 23.1 Å². The Morgan fingerprint density at radius 1 is 1.28 bits per heavy atom. The highest BCUT2D eigenvalue weighted by atomic mass is 16.2. The fourth-order valence-corrected chi connectivity index (χ4v) is 3.31. The molecule has 0 aliphatic carbocycles. The van der Waals surface area contributed by atoms with Crippen molar-refractivity contribution in [2.75, 3.05) is 26.2 Å². The molecule has 0 saturated carbocycles. The SMILES string of the molecule is C#CCN(CC#N)C(=O)[C@@H]1CCCN(C(=O)c2cc(C)cc(C)c2)C1. The van der Waals surface area contributed by atoms with Crippen molar-refractivity contribution in [2.45, 2.75) is 26.7 Å². The smallest absolute Gasteiger partial charge is 0.253 e. The lowest BCUT2D eigenvalue weighted by Gasteiger charge is -2.34. The zero-order chi connectivity index (χ0) is 18.4. The Bertz CT molecular complexity index is 706. The molecule has 5 heteroatoms. The second-order valence-corrected chi connectivity index (χ2v) is 6.52. The van der Waals surface area contributed by atoms with Crippen molar-refractivity contribution in [1.29, 1.82) is 5.26 Å². The van der Waals surface area contributed by atoms with Crippen molar-refractivity contribution in [3.63, 3.8) is 0 Å². The van der Waals surface area contributed by atoms with Gasteiger partial charge in [0.1, 0.15) is 6.54 Å². The first-order chi connectivity index (χ1) is 12.0. The van der Waals surface area contributed by atoms with Crippen molar-refractivity contribution in [3.05, 3.63) is 34.9 Å². The van der Waals surface area contributed by atoms with Crippen LogP contribution in [0.4, 0.5) is 0 Å². The number of rotatable bonds is 4. The van der Waals surface area contributed by atoms with Gasteiger partial charge < -0.3 is 9.80 Å². The number of likely N-dealkylation sites (tertiary alicyclic amines) is 1. The van der Waals surface area contributed by atoms with Gasteiger partial charge in [-0.2, -0.15) is 5.26 Å². The Hall–Kier alpha value is -2.79. The quantitative estimate of drug-likeness (QED) is 0.624. The Morgan fingerprint density at radius 2 is 1.96 bits per heavy atom. The van der Waals surface area contributed by atoms with E-state index in [2.05, 4.69) is 5.92 Å². The second-order valence-electron chi connectivity index (χ2n) is 6.52. The molecule has 1 atom stereocenters. The molecule has 2 rings (SSSR count). The van der Waals surface area contributed by atoms with E-state index in [1.54, 1.807) is 4.90 Å². The molecule has 0 spiro atoms. The van der Waals surface area contributed by atoms with E-state index >= 15 is 0 Å². The number of hydrogen-bond acceptors (Lipinski definition) is 3. The van der Waals surface area contributed by atoms with Gasteiger partial charge in [-0.15, -0.1) is 6.42 Å². The van der Waals surface area contributed by atoms with Crippen LogP contribution in [0.25, 0.3) is 0 Å². The van der Waals surface area contributed by atoms with Gasteiger partial charge >= 0.3 is 0 Å². The molecule has 2 amide bonds. The van der Waals surface area contributed by atoms with Crippen molar-refractivity contribution in [1.82, 2.24) is 9.80 Å². The fraction of sp³-hybridized carbons (Fsp3) is 0.450. The third-order valence-corrected chi connectivity index (χ3v) is 4.38. The average molecular weight is 337 g/mol. The number of terminal acetylenes is 1. The standard InChI is InChI=1S/C20H23N3O2/c1-4-8-22(10-7-21)19(24)17-6-5-9-23(14-17)20(25)18-12-15(2)11-16(3)13-18/h1,11-13,17H,5-6,8-10,14H2,2-3H3/t17-/m1/s1. The lowest BCUT2D eigenvalue weighted by Crippen LogP contribution is -2.47. The molecule has 25 heavy (non-hydrogen) atoms. The molecule has 5 nitrogen and oxygen atoms in total. The maximum Gasteiger partial charge on any atom is 0.253 e. The number of piperidine rings is 1. The number of carbonyl (C=O) groups excluding carboxylic acids is 2. The molecule has 1 saturated heterocycles. The summed E-state index contributed by atoms with van der Waals surface area (Å²) in [4.78, 5) is 28.6.